The minimum Gasteiger partial charge on any atom is -0.461 e. The molecular weight excluding hydrogens is 376 g/mol. The van der Waals surface area contributed by atoms with Crippen molar-refractivity contribution in [2.45, 2.75) is 90.8 Å². The Morgan fingerprint density at radius 3 is 2.03 bits per heavy atom. The molecule has 1 fully saturated rings. The summed E-state index contributed by atoms with van der Waals surface area (Å²) in [7, 11) is 0. The van der Waals surface area contributed by atoms with E-state index in [2.05, 4.69) is 12.1 Å². The fourth-order valence-electron chi connectivity index (χ4n) is 4.72. The van der Waals surface area contributed by atoms with Crippen molar-refractivity contribution in [3.05, 3.63) is 47.0 Å². The molecule has 0 bridgehead atoms. The molecule has 1 aromatic carbocycles. The van der Waals surface area contributed by atoms with Gasteiger partial charge in [0.15, 0.2) is 0 Å². The van der Waals surface area contributed by atoms with Gasteiger partial charge in [-0.15, -0.1) is 0 Å². The van der Waals surface area contributed by atoms with E-state index >= 15 is 0 Å². The van der Waals surface area contributed by atoms with E-state index in [0.29, 0.717) is 12.8 Å². The van der Waals surface area contributed by atoms with Crippen molar-refractivity contribution in [3.63, 3.8) is 0 Å². The Bertz CT molecular complexity index is 787. The Morgan fingerprint density at radius 1 is 0.867 bits per heavy atom. The van der Waals surface area contributed by atoms with Crippen molar-refractivity contribution in [3.8, 4) is 0 Å². The molecule has 0 unspecified atom stereocenters. The molecule has 3 rings (SSSR count). The molecular formula is C26H36O4. The predicted molar refractivity (Wildman–Crippen MR) is 118 cm³/mol. The van der Waals surface area contributed by atoms with Crippen LogP contribution in [0.15, 0.2) is 41.5 Å². The normalized spacial score (nSPS) is 27.5. The highest BCUT2D eigenvalue weighted by molar-refractivity contribution is 5.83. The molecule has 164 valence electrons. The molecule has 1 saturated carbocycles. The highest BCUT2D eigenvalue weighted by Gasteiger charge is 2.42. The first kappa shape index (κ1) is 22.6. The molecule has 30 heavy (non-hydrogen) atoms. The zero-order valence-corrected chi connectivity index (χ0v) is 19.1. The Morgan fingerprint density at radius 2 is 1.43 bits per heavy atom. The smallest absolute Gasteiger partial charge is 0.310 e. The molecule has 4 atom stereocenters. The zero-order chi connectivity index (χ0) is 21.9. The highest BCUT2D eigenvalue weighted by atomic mass is 16.6. The molecule has 0 saturated heterocycles. The first-order valence-electron chi connectivity index (χ1n) is 11.3. The van der Waals surface area contributed by atoms with Gasteiger partial charge in [0, 0.05) is 5.92 Å². The summed E-state index contributed by atoms with van der Waals surface area (Å²) >= 11 is 0. The molecule has 0 heterocycles. The summed E-state index contributed by atoms with van der Waals surface area (Å²) < 4.78 is 11.8. The lowest BCUT2D eigenvalue weighted by molar-refractivity contribution is -0.171. The van der Waals surface area contributed by atoms with Gasteiger partial charge in [-0.1, -0.05) is 47.9 Å². The van der Waals surface area contributed by atoms with Crippen LogP contribution in [-0.2, 0) is 19.1 Å². The molecule has 4 heteroatoms. The molecule has 2 aliphatic rings. The van der Waals surface area contributed by atoms with Crippen LogP contribution in [0.25, 0.3) is 0 Å². The average molecular weight is 413 g/mol. The average Bonchev–Trinajstić information content (AvgIpc) is 2.69. The van der Waals surface area contributed by atoms with Crippen LogP contribution >= 0.6 is 0 Å². The second-order valence-corrected chi connectivity index (χ2v) is 9.99. The molecule has 0 N–H and O–H groups in total. The van der Waals surface area contributed by atoms with E-state index in [9.17, 15) is 9.59 Å². The van der Waals surface area contributed by atoms with Gasteiger partial charge in [-0.3, -0.25) is 9.59 Å². The lowest BCUT2D eigenvalue weighted by Gasteiger charge is -2.36. The van der Waals surface area contributed by atoms with Crippen LogP contribution in [0.2, 0.25) is 0 Å². The van der Waals surface area contributed by atoms with Crippen molar-refractivity contribution >= 4 is 11.9 Å². The largest absolute Gasteiger partial charge is 0.461 e. The number of allylic oxidation sites excluding steroid dienone is 2. The summed E-state index contributed by atoms with van der Waals surface area (Å²) in [5.41, 5.74) is 3.02. The standard InChI is InChI=1S/C26H36O4/c1-17-15-21(22(16-18(17)2)25(28)30-26(3,4)5)24(27)29-23-14-10-9-13-20(23)19-11-7-6-8-12-19/h6-8,11-12,20-23H,9-10,13-16H2,1-5H3/t20-,21-,22+,23+/m0/s1. The lowest BCUT2D eigenvalue weighted by Crippen LogP contribution is -2.40. The number of carbonyl (C=O) groups is 2. The van der Waals surface area contributed by atoms with Gasteiger partial charge >= 0.3 is 11.9 Å². The minimum atomic E-state index is -0.572. The fraction of sp³-hybridized carbons (Fsp3) is 0.615. The Balaban J connectivity index is 1.77. The van der Waals surface area contributed by atoms with E-state index < -0.39 is 17.4 Å². The number of carbonyl (C=O) groups excluding carboxylic acids is 2. The highest BCUT2D eigenvalue weighted by Crippen LogP contribution is 2.39. The van der Waals surface area contributed by atoms with Crippen LogP contribution < -0.4 is 0 Å². The van der Waals surface area contributed by atoms with Gasteiger partial charge < -0.3 is 9.47 Å². The molecule has 0 amide bonds. The van der Waals surface area contributed by atoms with Crippen LogP contribution in [0.4, 0.5) is 0 Å². The number of esters is 2. The first-order chi connectivity index (χ1) is 14.2. The van der Waals surface area contributed by atoms with E-state index in [-0.39, 0.29) is 24.0 Å². The summed E-state index contributed by atoms with van der Waals surface area (Å²) in [6.45, 7) is 9.68. The summed E-state index contributed by atoms with van der Waals surface area (Å²) in [6, 6.07) is 10.3. The second kappa shape index (κ2) is 9.36. The summed E-state index contributed by atoms with van der Waals surface area (Å²) in [4.78, 5) is 26.2. The maximum absolute atomic E-state index is 13.3. The van der Waals surface area contributed by atoms with Crippen LogP contribution in [0.1, 0.15) is 84.6 Å². The maximum Gasteiger partial charge on any atom is 0.310 e. The summed E-state index contributed by atoms with van der Waals surface area (Å²) in [6.07, 6.45) is 5.13. The number of hydrogen-bond acceptors (Lipinski definition) is 4. The monoisotopic (exact) mass is 412 g/mol. The van der Waals surface area contributed by atoms with E-state index in [1.165, 1.54) is 16.7 Å². The molecule has 0 radical (unpaired) electrons. The Hall–Kier alpha value is -2.10. The van der Waals surface area contributed by atoms with Crippen molar-refractivity contribution in [2.24, 2.45) is 11.8 Å². The molecule has 2 aliphatic carbocycles. The summed E-state index contributed by atoms with van der Waals surface area (Å²) in [5, 5.41) is 0. The van der Waals surface area contributed by atoms with Gasteiger partial charge in [-0.25, -0.2) is 0 Å². The van der Waals surface area contributed by atoms with Gasteiger partial charge in [0.2, 0.25) is 0 Å². The van der Waals surface area contributed by atoms with E-state index in [4.69, 9.17) is 9.47 Å². The van der Waals surface area contributed by atoms with Gasteiger partial charge in [0.1, 0.15) is 11.7 Å². The molecule has 0 aromatic heterocycles. The topological polar surface area (TPSA) is 52.6 Å². The summed E-state index contributed by atoms with van der Waals surface area (Å²) in [5.74, 6) is -1.25. The third kappa shape index (κ3) is 5.53. The van der Waals surface area contributed by atoms with Gasteiger partial charge in [0.25, 0.3) is 0 Å². The van der Waals surface area contributed by atoms with Crippen molar-refractivity contribution < 1.29 is 19.1 Å². The van der Waals surface area contributed by atoms with E-state index in [1.54, 1.807) is 0 Å². The first-order valence-corrected chi connectivity index (χ1v) is 11.3. The lowest BCUT2D eigenvalue weighted by atomic mass is 9.76. The fourth-order valence-corrected chi connectivity index (χ4v) is 4.72. The number of rotatable bonds is 4. The van der Waals surface area contributed by atoms with Crippen LogP contribution in [0.5, 0.6) is 0 Å². The molecule has 4 nitrogen and oxygen atoms in total. The zero-order valence-electron chi connectivity index (χ0n) is 19.1. The third-order valence-electron chi connectivity index (χ3n) is 6.48. The molecule has 0 spiro atoms. The minimum absolute atomic E-state index is 0.125. The van der Waals surface area contributed by atoms with E-state index in [1.807, 2.05) is 52.8 Å². The van der Waals surface area contributed by atoms with Crippen LogP contribution in [0.3, 0.4) is 0 Å². The van der Waals surface area contributed by atoms with Crippen molar-refractivity contribution in [2.75, 3.05) is 0 Å². The quantitative estimate of drug-likeness (QED) is 0.452. The number of hydrogen-bond donors (Lipinski definition) is 0. The third-order valence-corrected chi connectivity index (χ3v) is 6.48. The van der Waals surface area contributed by atoms with Crippen LogP contribution in [0, 0.1) is 11.8 Å². The van der Waals surface area contributed by atoms with Crippen molar-refractivity contribution in [1.82, 2.24) is 0 Å². The maximum atomic E-state index is 13.3. The van der Waals surface area contributed by atoms with E-state index in [0.717, 1.165) is 25.7 Å². The second-order valence-electron chi connectivity index (χ2n) is 9.99. The molecule has 0 aliphatic heterocycles. The number of benzene rings is 1. The molecule has 1 aromatic rings. The Labute approximate surface area is 181 Å². The van der Waals surface area contributed by atoms with Gasteiger partial charge in [0.05, 0.1) is 11.8 Å². The van der Waals surface area contributed by atoms with Crippen molar-refractivity contribution in [1.29, 1.82) is 0 Å². The van der Waals surface area contributed by atoms with Gasteiger partial charge in [-0.2, -0.15) is 0 Å². The number of ether oxygens (including phenoxy) is 2. The van der Waals surface area contributed by atoms with Crippen LogP contribution in [-0.4, -0.2) is 23.6 Å². The predicted octanol–water partition coefficient (Wildman–Crippen LogP) is 5.96. The Kier molecular flexibility index (Phi) is 7.05. The van der Waals surface area contributed by atoms with Gasteiger partial charge in [-0.05, 0) is 72.3 Å². The SMILES string of the molecule is CC1=C(C)C[C@@H](C(=O)OC(C)(C)C)[C@@H](C(=O)O[C@@H]2CCCC[C@H]2c2ccccc2)C1.